The third-order valence-corrected chi connectivity index (χ3v) is 2.88. The highest BCUT2D eigenvalue weighted by Gasteiger charge is 2.11. The van der Waals surface area contributed by atoms with Gasteiger partial charge in [0.05, 0.1) is 12.7 Å². The van der Waals surface area contributed by atoms with E-state index in [-0.39, 0.29) is 5.97 Å². The maximum atomic E-state index is 11.5. The van der Waals surface area contributed by atoms with Crippen LogP contribution in [0, 0.1) is 0 Å². The van der Waals surface area contributed by atoms with Crippen LogP contribution in [0.15, 0.2) is 18.2 Å². The number of hydrogen-bond acceptors (Lipinski definition) is 3. The number of aryl methyl sites for hydroxylation is 1. The minimum atomic E-state index is -0.345. The lowest BCUT2D eigenvalue weighted by molar-refractivity contribution is -0.107. The molecule has 0 unspecified atom stereocenters. The Morgan fingerprint density at radius 2 is 2.25 bits per heavy atom. The first kappa shape index (κ1) is 12.9. The van der Waals surface area contributed by atoms with Gasteiger partial charge < -0.3 is 9.53 Å². The predicted molar refractivity (Wildman–Crippen MR) is 64.8 cm³/mol. The summed E-state index contributed by atoms with van der Waals surface area (Å²) < 4.78 is 4.71. The highest BCUT2D eigenvalue weighted by Crippen LogP contribution is 2.17. The summed E-state index contributed by atoms with van der Waals surface area (Å²) in [5.74, 6) is -0.345. The van der Waals surface area contributed by atoms with Crippen molar-refractivity contribution in [1.29, 1.82) is 0 Å². The standard InChI is InChI=1S/C12H13BrO3/c1-16-12(15)11-7-9(3-2-6-14)4-5-10(11)8-13/h4-7H,2-3,8H2,1H3. The SMILES string of the molecule is COC(=O)c1cc(CCC=O)ccc1CBr. The largest absolute Gasteiger partial charge is 0.465 e. The Balaban J connectivity index is 3.00. The first-order valence-corrected chi connectivity index (χ1v) is 6.04. The zero-order valence-corrected chi connectivity index (χ0v) is 10.6. The van der Waals surface area contributed by atoms with Crippen molar-refractivity contribution in [1.82, 2.24) is 0 Å². The van der Waals surface area contributed by atoms with Gasteiger partial charge in [0.2, 0.25) is 0 Å². The summed E-state index contributed by atoms with van der Waals surface area (Å²) in [5, 5.41) is 0.603. The van der Waals surface area contributed by atoms with Gasteiger partial charge >= 0.3 is 5.97 Å². The summed E-state index contributed by atoms with van der Waals surface area (Å²) in [4.78, 5) is 21.8. The van der Waals surface area contributed by atoms with E-state index in [9.17, 15) is 9.59 Å². The number of carbonyl (C=O) groups is 2. The molecule has 4 heteroatoms. The molecule has 16 heavy (non-hydrogen) atoms. The van der Waals surface area contributed by atoms with E-state index in [1.807, 2.05) is 12.1 Å². The number of hydrogen-bond donors (Lipinski definition) is 0. The van der Waals surface area contributed by atoms with Crippen LogP contribution in [0.3, 0.4) is 0 Å². The first-order valence-electron chi connectivity index (χ1n) is 4.92. The van der Waals surface area contributed by atoms with Crippen LogP contribution < -0.4 is 0 Å². The summed E-state index contributed by atoms with van der Waals surface area (Å²) >= 11 is 3.32. The van der Waals surface area contributed by atoms with E-state index in [4.69, 9.17) is 4.74 Å². The second kappa shape index (κ2) is 6.43. The zero-order valence-electron chi connectivity index (χ0n) is 9.03. The lowest BCUT2D eigenvalue weighted by atomic mass is 10.0. The molecule has 0 amide bonds. The maximum Gasteiger partial charge on any atom is 0.338 e. The van der Waals surface area contributed by atoms with Gasteiger partial charge in [-0.1, -0.05) is 28.1 Å². The van der Waals surface area contributed by atoms with Crippen molar-refractivity contribution < 1.29 is 14.3 Å². The van der Waals surface area contributed by atoms with E-state index in [1.165, 1.54) is 7.11 Å². The molecule has 0 atom stereocenters. The van der Waals surface area contributed by atoms with E-state index >= 15 is 0 Å². The summed E-state index contributed by atoms with van der Waals surface area (Å²) in [6.07, 6.45) is 1.99. The van der Waals surface area contributed by atoms with Crippen LogP contribution in [0.1, 0.15) is 27.9 Å². The molecule has 1 aromatic carbocycles. The number of benzene rings is 1. The normalized spacial score (nSPS) is 9.88. The van der Waals surface area contributed by atoms with Crippen molar-refractivity contribution in [3.05, 3.63) is 34.9 Å². The second-order valence-corrected chi connectivity index (χ2v) is 3.88. The van der Waals surface area contributed by atoms with Crippen molar-refractivity contribution in [3.63, 3.8) is 0 Å². The highest BCUT2D eigenvalue weighted by atomic mass is 79.9. The topological polar surface area (TPSA) is 43.4 Å². The van der Waals surface area contributed by atoms with Gasteiger partial charge in [-0.15, -0.1) is 0 Å². The lowest BCUT2D eigenvalue weighted by Crippen LogP contribution is -2.06. The summed E-state index contributed by atoms with van der Waals surface area (Å²) in [5.41, 5.74) is 2.42. The Bertz CT molecular complexity index is 388. The minimum absolute atomic E-state index is 0.345. The maximum absolute atomic E-state index is 11.5. The predicted octanol–water partition coefficient (Wildman–Crippen LogP) is 2.50. The molecule has 0 N–H and O–H groups in total. The number of ether oxygens (including phenoxy) is 1. The molecular formula is C12H13BrO3. The number of rotatable bonds is 5. The number of alkyl halides is 1. The van der Waals surface area contributed by atoms with Crippen LogP contribution in [0.25, 0.3) is 0 Å². The molecule has 86 valence electrons. The monoisotopic (exact) mass is 284 g/mol. The van der Waals surface area contributed by atoms with Gasteiger partial charge in [-0.3, -0.25) is 0 Å². The number of carbonyl (C=O) groups excluding carboxylic acids is 2. The highest BCUT2D eigenvalue weighted by molar-refractivity contribution is 9.08. The van der Waals surface area contributed by atoms with E-state index in [2.05, 4.69) is 15.9 Å². The quantitative estimate of drug-likeness (QED) is 0.474. The van der Waals surface area contributed by atoms with Crippen molar-refractivity contribution >= 4 is 28.2 Å². The van der Waals surface area contributed by atoms with Gasteiger partial charge in [0.1, 0.15) is 6.29 Å². The molecule has 0 aliphatic carbocycles. The van der Waals surface area contributed by atoms with Crippen LogP contribution >= 0.6 is 15.9 Å². The van der Waals surface area contributed by atoms with Crippen molar-refractivity contribution in [2.75, 3.05) is 7.11 Å². The van der Waals surface area contributed by atoms with Gasteiger partial charge in [-0.25, -0.2) is 4.79 Å². The zero-order chi connectivity index (χ0) is 12.0. The third-order valence-electron chi connectivity index (χ3n) is 2.27. The molecular weight excluding hydrogens is 272 g/mol. The summed E-state index contributed by atoms with van der Waals surface area (Å²) in [7, 11) is 1.36. The molecule has 0 fully saturated rings. The fourth-order valence-corrected chi connectivity index (χ4v) is 1.91. The molecule has 0 saturated heterocycles. The summed E-state index contributed by atoms with van der Waals surface area (Å²) in [6, 6.07) is 5.58. The Hall–Kier alpha value is -1.16. The fraction of sp³-hybridized carbons (Fsp3) is 0.333. The lowest BCUT2D eigenvalue weighted by Gasteiger charge is -2.07. The molecule has 0 radical (unpaired) electrons. The van der Waals surface area contributed by atoms with Crippen molar-refractivity contribution in [2.24, 2.45) is 0 Å². The van der Waals surface area contributed by atoms with Gasteiger partial charge in [-0.05, 0) is 23.6 Å². The van der Waals surface area contributed by atoms with Crippen LogP contribution in [0.5, 0.6) is 0 Å². The molecule has 0 saturated carbocycles. The molecule has 0 aromatic heterocycles. The third kappa shape index (κ3) is 3.17. The van der Waals surface area contributed by atoms with E-state index in [1.54, 1.807) is 6.07 Å². The smallest absolute Gasteiger partial charge is 0.338 e. The van der Waals surface area contributed by atoms with E-state index in [0.29, 0.717) is 23.7 Å². The van der Waals surface area contributed by atoms with Crippen molar-refractivity contribution in [3.8, 4) is 0 Å². The number of methoxy groups -OCH3 is 1. The number of halogens is 1. The Morgan fingerprint density at radius 3 is 2.81 bits per heavy atom. The Morgan fingerprint density at radius 1 is 1.50 bits per heavy atom. The average molecular weight is 285 g/mol. The van der Waals surface area contributed by atoms with E-state index in [0.717, 1.165) is 17.4 Å². The molecule has 0 heterocycles. The first-order chi connectivity index (χ1) is 7.72. The molecule has 0 bridgehead atoms. The Kier molecular flexibility index (Phi) is 5.19. The molecule has 3 nitrogen and oxygen atoms in total. The van der Waals surface area contributed by atoms with Crippen LogP contribution in [-0.4, -0.2) is 19.4 Å². The van der Waals surface area contributed by atoms with Gasteiger partial charge in [0.25, 0.3) is 0 Å². The van der Waals surface area contributed by atoms with Crippen LogP contribution in [-0.2, 0) is 21.3 Å². The Labute approximate surface area is 103 Å². The van der Waals surface area contributed by atoms with E-state index < -0.39 is 0 Å². The molecule has 0 spiro atoms. The number of aldehydes is 1. The molecule has 1 aromatic rings. The fourth-order valence-electron chi connectivity index (χ4n) is 1.42. The molecule has 0 aliphatic rings. The summed E-state index contributed by atoms with van der Waals surface area (Å²) in [6.45, 7) is 0. The van der Waals surface area contributed by atoms with Crippen LogP contribution in [0.4, 0.5) is 0 Å². The average Bonchev–Trinajstić information content (AvgIpc) is 2.35. The second-order valence-electron chi connectivity index (χ2n) is 3.32. The molecule has 0 aliphatic heterocycles. The minimum Gasteiger partial charge on any atom is -0.465 e. The van der Waals surface area contributed by atoms with Gasteiger partial charge in [0.15, 0.2) is 0 Å². The van der Waals surface area contributed by atoms with Crippen LogP contribution in [0.2, 0.25) is 0 Å². The van der Waals surface area contributed by atoms with Crippen molar-refractivity contribution in [2.45, 2.75) is 18.2 Å². The molecule has 1 rings (SSSR count). The number of esters is 1. The van der Waals surface area contributed by atoms with Gasteiger partial charge in [0, 0.05) is 11.8 Å². The van der Waals surface area contributed by atoms with Gasteiger partial charge in [-0.2, -0.15) is 0 Å².